The van der Waals surface area contributed by atoms with Gasteiger partial charge >= 0.3 is 5.97 Å². The number of hydrogen-bond donors (Lipinski definition) is 2. The van der Waals surface area contributed by atoms with E-state index in [0.717, 1.165) is 6.42 Å². The first-order valence-corrected chi connectivity index (χ1v) is 5.83. The van der Waals surface area contributed by atoms with E-state index in [-0.39, 0.29) is 11.8 Å². The number of hydrogen-bond acceptors (Lipinski definition) is 3. The second kappa shape index (κ2) is 5.84. The van der Waals surface area contributed by atoms with E-state index in [1.807, 2.05) is 6.92 Å². The number of carbonyl (C=O) groups excluding carboxylic acids is 1. The lowest BCUT2D eigenvalue weighted by atomic mass is 9.96. The molecule has 0 aromatic carbocycles. The molecule has 1 aliphatic heterocycles. The second-order valence-corrected chi connectivity index (χ2v) is 4.33. The zero-order chi connectivity index (χ0) is 12.1. The number of carbonyl (C=O) groups is 2. The standard InChI is InChI=1S/C11H20N2O3/c1-2-3-9(12)10(14)13-6-4-8(5-7-13)11(15)16/h8-9H,2-7,12H2,1H3,(H,15,16). The molecule has 1 atom stereocenters. The summed E-state index contributed by atoms with van der Waals surface area (Å²) in [6.07, 6.45) is 2.66. The fraction of sp³-hybridized carbons (Fsp3) is 0.818. The van der Waals surface area contributed by atoms with Gasteiger partial charge in [-0.1, -0.05) is 13.3 Å². The van der Waals surface area contributed by atoms with Crippen LogP contribution in [0.25, 0.3) is 0 Å². The average Bonchev–Trinajstić information content (AvgIpc) is 2.28. The minimum Gasteiger partial charge on any atom is -0.481 e. The number of nitrogens with two attached hydrogens (primary N) is 1. The molecule has 0 radical (unpaired) electrons. The van der Waals surface area contributed by atoms with Crippen LogP contribution in [0.3, 0.4) is 0 Å². The molecule has 16 heavy (non-hydrogen) atoms. The minimum atomic E-state index is -0.759. The molecule has 0 bridgehead atoms. The van der Waals surface area contributed by atoms with Crippen LogP contribution in [0.5, 0.6) is 0 Å². The van der Waals surface area contributed by atoms with Crippen molar-refractivity contribution in [2.75, 3.05) is 13.1 Å². The molecular weight excluding hydrogens is 208 g/mol. The number of carboxylic acids is 1. The molecule has 0 spiro atoms. The minimum absolute atomic E-state index is 0.0364. The van der Waals surface area contributed by atoms with E-state index in [1.54, 1.807) is 4.90 Å². The maximum Gasteiger partial charge on any atom is 0.306 e. The molecule has 1 rings (SSSR count). The molecule has 1 amide bonds. The van der Waals surface area contributed by atoms with E-state index in [4.69, 9.17) is 10.8 Å². The molecule has 1 aliphatic rings. The van der Waals surface area contributed by atoms with Crippen molar-refractivity contribution in [2.45, 2.75) is 38.6 Å². The summed E-state index contributed by atoms with van der Waals surface area (Å²) in [5.74, 6) is -1.10. The van der Waals surface area contributed by atoms with Crippen LogP contribution >= 0.6 is 0 Å². The van der Waals surface area contributed by atoms with Gasteiger partial charge in [-0.3, -0.25) is 9.59 Å². The molecule has 5 heteroatoms. The van der Waals surface area contributed by atoms with Crippen LogP contribution in [-0.2, 0) is 9.59 Å². The summed E-state index contributed by atoms with van der Waals surface area (Å²) in [6, 6.07) is -0.425. The Morgan fingerprint density at radius 2 is 2.00 bits per heavy atom. The van der Waals surface area contributed by atoms with E-state index >= 15 is 0 Å². The van der Waals surface area contributed by atoms with Crippen molar-refractivity contribution in [3.63, 3.8) is 0 Å². The molecular formula is C11H20N2O3. The first-order valence-electron chi connectivity index (χ1n) is 5.83. The van der Waals surface area contributed by atoms with Gasteiger partial charge in [0.05, 0.1) is 12.0 Å². The van der Waals surface area contributed by atoms with Gasteiger partial charge in [-0.15, -0.1) is 0 Å². The molecule has 1 heterocycles. The Morgan fingerprint density at radius 1 is 1.44 bits per heavy atom. The highest BCUT2D eigenvalue weighted by Crippen LogP contribution is 2.18. The predicted molar refractivity (Wildman–Crippen MR) is 59.8 cm³/mol. The van der Waals surface area contributed by atoms with E-state index in [2.05, 4.69) is 0 Å². The summed E-state index contributed by atoms with van der Waals surface area (Å²) in [5, 5.41) is 8.83. The molecule has 0 aromatic rings. The highest BCUT2D eigenvalue weighted by Gasteiger charge is 2.28. The van der Waals surface area contributed by atoms with E-state index in [0.29, 0.717) is 32.4 Å². The van der Waals surface area contributed by atoms with Crippen molar-refractivity contribution in [3.8, 4) is 0 Å². The molecule has 1 unspecified atom stereocenters. The SMILES string of the molecule is CCCC(N)C(=O)N1CCC(C(=O)O)CC1. The van der Waals surface area contributed by atoms with Crippen molar-refractivity contribution in [2.24, 2.45) is 11.7 Å². The number of rotatable bonds is 4. The lowest BCUT2D eigenvalue weighted by molar-refractivity contribution is -0.146. The Kier molecular flexibility index (Phi) is 4.73. The molecule has 0 aromatic heterocycles. The average molecular weight is 228 g/mol. The maximum absolute atomic E-state index is 11.8. The summed E-state index contributed by atoms with van der Waals surface area (Å²) in [4.78, 5) is 24.3. The number of likely N-dealkylation sites (tertiary alicyclic amines) is 1. The second-order valence-electron chi connectivity index (χ2n) is 4.33. The summed E-state index contributed by atoms with van der Waals surface area (Å²) < 4.78 is 0. The molecule has 1 fully saturated rings. The number of nitrogens with zero attached hydrogens (tertiary/aromatic N) is 1. The van der Waals surface area contributed by atoms with E-state index < -0.39 is 12.0 Å². The van der Waals surface area contributed by atoms with Gasteiger partial charge in [0.25, 0.3) is 0 Å². The van der Waals surface area contributed by atoms with Crippen molar-refractivity contribution < 1.29 is 14.7 Å². The highest BCUT2D eigenvalue weighted by molar-refractivity contribution is 5.82. The lowest BCUT2D eigenvalue weighted by Gasteiger charge is -2.31. The van der Waals surface area contributed by atoms with Crippen molar-refractivity contribution in [3.05, 3.63) is 0 Å². The van der Waals surface area contributed by atoms with Gasteiger partial charge in [-0.2, -0.15) is 0 Å². The van der Waals surface area contributed by atoms with Crippen LogP contribution in [0.2, 0.25) is 0 Å². The van der Waals surface area contributed by atoms with Crippen LogP contribution in [-0.4, -0.2) is 41.0 Å². The van der Waals surface area contributed by atoms with Crippen LogP contribution in [0, 0.1) is 5.92 Å². The maximum atomic E-state index is 11.8. The molecule has 92 valence electrons. The van der Waals surface area contributed by atoms with Gasteiger partial charge in [0.1, 0.15) is 0 Å². The van der Waals surface area contributed by atoms with E-state index in [1.165, 1.54) is 0 Å². The van der Waals surface area contributed by atoms with Crippen molar-refractivity contribution in [1.82, 2.24) is 4.90 Å². The molecule has 0 aliphatic carbocycles. The third-order valence-corrected chi connectivity index (χ3v) is 3.07. The Hall–Kier alpha value is -1.10. The third-order valence-electron chi connectivity index (χ3n) is 3.07. The monoisotopic (exact) mass is 228 g/mol. The largest absolute Gasteiger partial charge is 0.481 e. The van der Waals surface area contributed by atoms with Crippen molar-refractivity contribution >= 4 is 11.9 Å². The van der Waals surface area contributed by atoms with Crippen molar-refractivity contribution in [1.29, 1.82) is 0 Å². The fourth-order valence-corrected chi connectivity index (χ4v) is 2.02. The molecule has 3 N–H and O–H groups in total. The number of amides is 1. The number of piperidine rings is 1. The highest BCUT2D eigenvalue weighted by atomic mass is 16.4. The predicted octanol–water partition coefficient (Wildman–Crippen LogP) is 0.437. The fourth-order valence-electron chi connectivity index (χ4n) is 2.02. The van der Waals surface area contributed by atoms with E-state index in [9.17, 15) is 9.59 Å². The van der Waals surface area contributed by atoms with Gasteiger partial charge in [0.2, 0.25) is 5.91 Å². The number of aliphatic carboxylic acids is 1. The first-order chi connectivity index (χ1) is 7.56. The summed E-state index contributed by atoms with van der Waals surface area (Å²) in [6.45, 7) is 3.03. The Morgan fingerprint density at radius 3 is 2.44 bits per heavy atom. The third kappa shape index (κ3) is 3.20. The Balaban J connectivity index is 2.41. The lowest BCUT2D eigenvalue weighted by Crippen LogP contribution is -2.47. The number of carboxylic acid groups (broad SMARTS) is 1. The van der Waals surface area contributed by atoms with Crippen LogP contribution < -0.4 is 5.73 Å². The summed E-state index contributed by atoms with van der Waals surface area (Å²) in [7, 11) is 0. The molecule has 5 nitrogen and oxygen atoms in total. The van der Waals surface area contributed by atoms with Gasteiger partial charge < -0.3 is 15.7 Å². The zero-order valence-corrected chi connectivity index (χ0v) is 9.69. The quantitative estimate of drug-likeness (QED) is 0.731. The summed E-state index contributed by atoms with van der Waals surface area (Å²) >= 11 is 0. The van der Waals surface area contributed by atoms with Crippen LogP contribution in [0.1, 0.15) is 32.6 Å². The Labute approximate surface area is 95.6 Å². The summed E-state index contributed by atoms with van der Waals surface area (Å²) in [5.41, 5.74) is 5.75. The van der Waals surface area contributed by atoms with Gasteiger partial charge in [0.15, 0.2) is 0 Å². The Bertz CT molecular complexity index is 260. The topological polar surface area (TPSA) is 83.6 Å². The molecule has 1 saturated heterocycles. The first kappa shape index (κ1) is 13.0. The molecule has 0 saturated carbocycles. The zero-order valence-electron chi connectivity index (χ0n) is 9.69. The van der Waals surface area contributed by atoms with Gasteiger partial charge in [-0.05, 0) is 19.3 Å². The van der Waals surface area contributed by atoms with Gasteiger partial charge in [-0.25, -0.2) is 0 Å². The van der Waals surface area contributed by atoms with Crippen LogP contribution in [0.4, 0.5) is 0 Å². The smallest absolute Gasteiger partial charge is 0.306 e. The normalized spacial score (nSPS) is 19.5. The van der Waals surface area contributed by atoms with Gasteiger partial charge in [0, 0.05) is 13.1 Å². The van der Waals surface area contributed by atoms with Crippen LogP contribution in [0.15, 0.2) is 0 Å².